The van der Waals surface area contributed by atoms with E-state index in [4.69, 9.17) is 4.74 Å². The van der Waals surface area contributed by atoms with Crippen LogP contribution in [0, 0.1) is 23.7 Å². The monoisotopic (exact) mass is 358 g/mol. The van der Waals surface area contributed by atoms with E-state index in [1.165, 1.54) is 7.11 Å². The quantitative estimate of drug-likeness (QED) is 0.798. The van der Waals surface area contributed by atoms with E-state index >= 15 is 0 Å². The lowest BCUT2D eigenvalue weighted by atomic mass is 9.71. The average molecular weight is 358 g/mol. The molecule has 1 spiro atoms. The standard InChI is InChI=1S/C19H26N4O3/c1-13-16(18(25)26-3)8-14(10-20)17(21-13)23-6-4-19(5-7-23)9-15(24)11-22(2)12-19/h8,15,24H,4-7,9,11-12H2,1-3H3. The molecule has 1 unspecified atom stereocenters. The first kappa shape index (κ1) is 18.6. The van der Waals surface area contributed by atoms with E-state index in [0.29, 0.717) is 22.6 Å². The van der Waals surface area contributed by atoms with Crippen molar-refractivity contribution in [3.63, 3.8) is 0 Å². The number of likely N-dealkylation sites (tertiary alicyclic amines) is 1. The summed E-state index contributed by atoms with van der Waals surface area (Å²) in [4.78, 5) is 20.7. The van der Waals surface area contributed by atoms with Crippen LogP contribution in [0.25, 0.3) is 0 Å². The number of aliphatic hydroxyl groups excluding tert-OH is 1. The van der Waals surface area contributed by atoms with Gasteiger partial charge in [0.1, 0.15) is 11.9 Å². The Balaban J connectivity index is 1.80. The second kappa shape index (κ2) is 7.22. The number of methoxy groups -OCH3 is 1. The molecule has 7 nitrogen and oxygen atoms in total. The van der Waals surface area contributed by atoms with Crippen LogP contribution in [0.3, 0.4) is 0 Å². The van der Waals surface area contributed by atoms with Gasteiger partial charge < -0.3 is 19.6 Å². The maximum Gasteiger partial charge on any atom is 0.339 e. The summed E-state index contributed by atoms with van der Waals surface area (Å²) in [6, 6.07) is 3.74. The van der Waals surface area contributed by atoms with Gasteiger partial charge in [-0.15, -0.1) is 0 Å². The SMILES string of the molecule is COC(=O)c1cc(C#N)c(N2CCC3(CC2)CC(O)CN(C)C3)nc1C. The summed E-state index contributed by atoms with van der Waals surface area (Å²) >= 11 is 0. The van der Waals surface area contributed by atoms with Gasteiger partial charge in [-0.2, -0.15) is 5.26 Å². The van der Waals surface area contributed by atoms with Crippen molar-refractivity contribution < 1.29 is 14.6 Å². The number of nitriles is 1. The zero-order valence-corrected chi connectivity index (χ0v) is 15.7. The zero-order valence-electron chi connectivity index (χ0n) is 15.7. The van der Waals surface area contributed by atoms with Crippen molar-refractivity contribution in [2.24, 2.45) is 5.41 Å². The predicted molar refractivity (Wildman–Crippen MR) is 97.0 cm³/mol. The number of aryl methyl sites for hydroxylation is 1. The number of ether oxygens (including phenoxy) is 1. The van der Waals surface area contributed by atoms with Gasteiger partial charge >= 0.3 is 5.97 Å². The number of aromatic nitrogens is 1. The molecular weight excluding hydrogens is 332 g/mol. The van der Waals surface area contributed by atoms with Crippen molar-refractivity contribution in [3.8, 4) is 6.07 Å². The summed E-state index contributed by atoms with van der Waals surface area (Å²) in [6.07, 6.45) is 2.48. The lowest BCUT2D eigenvalue weighted by Crippen LogP contribution is -2.52. The largest absolute Gasteiger partial charge is 0.465 e. The maximum atomic E-state index is 11.8. The Labute approximate surface area is 154 Å². The number of likely N-dealkylation sites (N-methyl/N-ethyl adjacent to an activating group) is 1. The molecule has 0 bridgehead atoms. The van der Waals surface area contributed by atoms with Gasteiger partial charge in [0.2, 0.25) is 0 Å². The van der Waals surface area contributed by atoms with Gasteiger partial charge in [0.25, 0.3) is 0 Å². The number of pyridine rings is 1. The molecule has 3 heterocycles. The van der Waals surface area contributed by atoms with Crippen LogP contribution < -0.4 is 4.90 Å². The molecule has 0 saturated carbocycles. The Kier molecular flexibility index (Phi) is 5.17. The van der Waals surface area contributed by atoms with Crippen LogP contribution in [-0.4, -0.2) is 67.4 Å². The Hall–Kier alpha value is -2.17. The van der Waals surface area contributed by atoms with Crippen molar-refractivity contribution in [2.75, 3.05) is 45.2 Å². The topological polar surface area (TPSA) is 89.7 Å². The predicted octanol–water partition coefficient (Wildman–Crippen LogP) is 1.33. The summed E-state index contributed by atoms with van der Waals surface area (Å²) < 4.78 is 4.77. The van der Waals surface area contributed by atoms with Gasteiger partial charge in [0.15, 0.2) is 0 Å². The first-order valence-electron chi connectivity index (χ1n) is 8.99. The highest BCUT2D eigenvalue weighted by Gasteiger charge is 2.41. The fourth-order valence-electron chi connectivity index (χ4n) is 4.41. The second-order valence-corrected chi connectivity index (χ2v) is 7.64. The molecule has 1 N–H and O–H groups in total. The number of rotatable bonds is 2. The molecule has 1 atom stereocenters. The highest BCUT2D eigenvalue weighted by Crippen LogP contribution is 2.40. The van der Waals surface area contributed by atoms with E-state index in [0.717, 1.165) is 45.4 Å². The molecular formula is C19H26N4O3. The fourth-order valence-corrected chi connectivity index (χ4v) is 4.41. The van der Waals surface area contributed by atoms with Gasteiger partial charge in [-0.05, 0) is 44.7 Å². The molecule has 2 saturated heterocycles. The number of carbonyl (C=O) groups is 1. The van der Waals surface area contributed by atoms with E-state index < -0.39 is 5.97 Å². The van der Waals surface area contributed by atoms with Crippen LogP contribution in [0.1, 0.15) is 40.9 Å². The van der Waals surface area contributed by atoms with Crippen LogP contribution >= 0.6 is 0 Å². The Bertz CT molecular complexity index is 723. The van der Waals surface area contributed by atoms with Gasteiger partial charge in [-0.1, -0.05) is 0 Å². The van der Waals surface area contributed by atoms with E-state index in [2.05, 4.69) is 27.9 Å². The molecule has 3 rings (SSSR count). The van der Waals surface area contributed by atoms with Gasteiger partial charge in [0, 0.05) is 26.2 Å². The lowest BCUT2D eigenvalue weighted by molar-refractivity contribution is -0.0112. The number of piperidine rings is 2. The third-order valence-corrected chi connectivity index (χ3v) is 5.64. The molecule has 1 aromatic rings. The molecule has 140 valence electrons. The minimum atomic E-state index is -0.477. The first-order chi connectivity index (χ1) is 12.4. The minimum Gasteiger partial charge on any atom is -0.465 e. The van der Waals surface area contributed by atoms with Crippen LogP contribution in [0.15, 0.2) is 6.07 Å². The Morgan fingerprint density at radius 1 is 1.46 bits per heavy atom. The summed E-state index contributed by atoms with van der Waals surface area (Å²) in [5.41, 5.74) is 1.43. The molecule has 2 aliphatic heterocycles. The van der Waals surface area contributed by atoms with E-state index in [1.54, 1.807) is 13.0 Å². The Morgan fingerprint density at radius 2 is 2.15 bits per heavy atom. The summed E-state index contributed by atoms with van der Waals surface area (Å²) in [5.74, 6) is 0.159. The first-order valence-corrected chi connectivity index (χ1v) is 8.99. The zero-order chi connectivity index (χ0) is 18.9. The van der Waals surface area contributed by atoms with Crippen LogP contribution in [-0.2, 0) is 4.74 Å². The third kappa shape index (κ3) is 3.53. The number of β-amino-alcohol motifs (C(OH)–C–C–N with tert-alkyl or cyclic N) is 1. The molecule has 26 heavy (non-hydrogen) atoms. The molecule has 0 amide bonds. The number of anilines is 1. The van der Waals surface area contributed by atoms with Crippen molar-refractivity contribution in [1.29, 1.82) is 5.26 Å². The van der Waals surface area contributed by atoms with Gasteiger partial charge in [-0.25, -0.2) is 9.78 Å². The number of carbonyl (C=O) groups excluding carboxylic acids is 1. The summed E-state index contributed by atoms with van der Waals surface area (Å²) in [6.45, 7) is 5.07. The highest BCUT2D eigenvalue weighted by atomic mass is 16.5. The van der Waals surface area contributed by atoms with Gasteiger partial charge in [-0.3, -0.25) is 0 Å². The van der Waals surface area contributed by atoms with E-state index in [1.807, 2.05) is 0 Å². The maximum absolute atomic E-state index is 11.8. The average Bonchev–Trinajstić information content (AvgIpc) is 2.60. The molecule has 7 heteroatoms. The molecule has 2 aliphatic rings. The third-order valence-electron chi connectivity index (χ3n) is 5.64. The van der Waals surface area contributed by atoms with Crippen molar-refractivity contribution in [3.05, 3.63) is 22.9 Å². The smallest absolute Gasteiger partial charge is 0.339 e. The normalized spacial score (nSPS) is 22.9. The molecule has 0 aliphatic carbocycles. The van der Waals surface area contributed by atoms with Crippen molar-refractivity contribution in [2.45, 2.75) is 32.3 Å². The van der Waals surface area contributed by atoms with Crippen molar-refractivity contribution >= 4 is 11.8 Å². The number of hydrogen-bond donors (Lipinski definition) is 1. The van der Waals surface area contributed by atoms with Crippen LogP contribution in [0.5, 0.6) is 0 Å². The number of hydrogen-bond acceptors (Lipinski definition) is 7. The number of esters is 1. The highest BCUT2D eigenvalue weighted by molar-refractivity contribution is 5.91. The van der Waals surface area contributed by atoms with E-state index in [9.17, 15) is 15.2 Å². The van der Waals surface area contributed by atoms with Gasteiger partial charge in [0.05, 0.1) is 30.0 Å². The molecule has 1 aromatic heterocycles. The Morgan fingerprint density at radius 3 is 2.73 bits per heavy atom. The minimum absolute atomic E-state index is 0.136. The number of nitrogens with zero attached hydrogens (tertiary/aromatic N) is 4. The van der Waals surface area contributed by atoms with Crippen LogP contribution in [0.2, 0.25) is 0 Å². The molecule has 0 aromatic carbocycles. The second-order valence-electron chi connectivity index (χ2n) is 7.64. The number of aliphatic hydroxyl groups is 1. The van der Waals surface area contributed by atoms with Crippen molar-refractivity contribution in [1.82, 2.24) is 9.88 Å². The molecule has 0 radical (unpaired) electrons. The van der Waals surface area contributed by atoms with E-state index in [-0.39, 0.29) is 11.5 Å². The summed E-state index contributed by atoms with van der Waals surface area (Å²) in [5, 5.41) is 19.7. The lowest BCUT2D eigenvalue weighted by Gasteiger charge is -2.48. The fraction of sp³-hybridized carbons (Fsp3) is 0.632. The van der Waals surface area contributed by atoms with Crippen LogP contribution in [0.4, 0.5) is 5.82 Å². The summed E-state index contributed by atoms with van der Waals surface area (Å²) in [7, 11) is 3.38. The molecule has 2 fully saturated rings.